The second kappa shape index (κ2) is 6.66. The predicted molar refractivity (Wildman–Crippen MR) is 84.4 cm³/mol. The Balaban J connectivity index is 1.72. The number of ketones is 1. The molecule has 2 fully saturated rings. The quantitative estimate of drug-likeness (QED) is 0.790. The molecule has 5 heteroatoms. The van der Waals surface area contributed by atoms with Crippen molar-refractivity contribution >= 4 is 29.0 Å². The Labute approximate surface area is 135 Å². The molecule has 1 saturated heterocycles. The van der Waals surface area contributed by atoms with Crippen molar-refractivity contribution in [1.82, 2.24) is 4.90 Å². The number of rotatable bonds is 3. The molecule has 0 N–H and O–H groups in total. The number of ether oxygens (including phenoxy) is 1. The minimum absolute atomic E-state index is 0.0359. The Morgan fingerprint density at radius 1 is 1.29 bits per heavy atom. The summed E-state index contributed by atoms with van der Waals surface area (Å²) in [7, 11) is 0. The average molecular weight is 328 g/mol. The van der Waals surface area contributed by atoms with E-state index in [2.05, 4.69) is 4.90 Å². The third-order valence-electron chi connectivity index (χ3n) is 4.42. The summed E-state index contributed by atoms with van der Waals surface area (Å²) in [4.78, 5) is 14.8. The molecule has 1 saturated carbocycles. The van der Waals surface area contributed by atoms with Crippen molar-refractivity contribution in [3.05, 3.63) is 33.8 Å². The molecule has 0 amide bonds. The highest BCUT2D eigenvalue weighted by atomic mass is 35.5. The van der Waals surface area contributed by atoms with Crippen LogP contribution < -0.4 is 0 Å². The van der Waals surface area contributed by atoms with Crippen molar-refractivity contribution in [2.45, 2.75) is 37.8 Å². The Hall–Kier alpha value is -0.610. The van der Waals surface area contributed by atoms with E-state index < -0.39 is 0 Å². The van der Waals surface area contributed by atoms with Gasteiger partial charge < -0.3 is 4.74 Å². The first-order valence-corrected chi connectivity index (χ1v) is 8.24. The maximum atomic E-state index is 12.5. The third kappa shape index (κ3) is 3.42. The number of nitrogens with zero attached hydrogens (tertiary/aromatic N) is 1. The van der Waals surface area contributed by atoms with Crippen LogP contribution in [0.2, 0.25) is 10.0 Å². The standard InChI is InChI=1S/C16H19Cl2NO2/c17-11-5-6-13(18)12(9-11)15(20)10-19-7-8-21-16-4-2-1-3-14(16)19/h5-6,9,14,16H,1-4,7-8,10H2. The normalized spacial score (nSPS) is 26.4. The highest BCUT2D eigenvalue weighted by molar-refractivity contribution is 6.36. The molecule has 2 unspecified atom stereocenters. The number of Topliss-reactive ketones (excluding diaryl/α,β-unsaturated/α-hetero) is 1. The van der Waals surface area contributed by atoms with E-state index in [4.69, 9.17) is 27.9 Å². The minimum Gasteiger partial charge on any atom is -0.375 e. The van der Waals surface area contributed by atoms with Gasteiger partial charge in [-0.05, 0) is 31.0 Å². The van der Waals surface area contributed by atoms with E-state index in [1.807, 2.05) is 0 Å². The van der Waals surface area contributed by atoms with Crippen LogP contribution in [0.4, 0.5) is 0 Å². The maximum Gasteiger partial charge on any atom is 0.178 e. The molecule has 3 nitrogen and oxygen atoms in total. The Morgan fingerprint density at radius 3 is 2.95 bits per heavy atom. The van der Waals surface area contributed by atoms with Crippen LogP contribution in [0.3, 0.4) is 0 Å². The molecule has 1 aliphatic heterocycles. The van der Waals surface area contributed by atoms with Crippen molar-refractivity contribution in [3.63, 3.8) is 0 Å². The Kier molecular flexibility index (Phi) is 4.85. The van der Waals surface area contributed by atoms with Gasteiger partial charge in [-0.25, -0.2) is 0 Å². The summed E-state index contributed by atoms with van der Waals surface area (Å²) < 4.78 is 5.84. The number of fused-ring (bicyclic) bond motifs is 1. The summed E-state index contributed by atoms with van der Waals surface area (Å²) in [6, 6.07) is 5.41. The molecule has 1 aromatic carbocycles. The summed E-state index contributed by atoms with van der Waals surface area (Å²) >= 11 is 12.1. The van der Waals surface area contributed by atoms with E-state index in [0.717, 1.165) is 19.4 Å². The minimum atomic E-state index is 0.0359. The number of morpholine rings is 1. The molecular weight excluding hydrogens is 309 g/mol. The van der Waals surface area contributed by atoms with Gasteiger partial charge in [0.05, 0.1) is 24.3 Å². The number of hydrogen-bond donors (Lipinski definition) is 0. The summed E-state index contributed by atoms with van der Waals surface area (Å²) in [5.74, 6) is 0.0359. The molecule has 1 heterocycles. The van der Waals surface area contributed by atoms with Gasteiger partial charge in [0.25, 0.3) is 0 Å². The molecule has 21 heavy (non-hydrogen) atoms. The smallest absolute Gasteiger partial charge is 0.178 e. The summed E-state index contributed by atoms with van der Waals surface area (Å²) in [5, 5.41) is 1.01. The molecule has 1 aromatic rings. The SMILES string of the molecule is O=C(CN1CCOC2CCCCC21)c1cc(Cl)ccc1Cl. The zero-order valence-electron chi connectivity index (χ0n) is 11.9. The van der Waals surface area contributed by atoms with Crippen LogP contribution in [-0.4, -0.2) is 42.5 Å². The number of carbonyl (C=O) groups excluding carboxylic acids is 1. The molecule has 114 valence electrons. The third-order valence-corrected chi connectivity index (χ3v) is 4.99. The van der Waals surface area contributed by atoms with Gasteiger partial charge in [0.1, 0.15) is 0 Å². The fourth-order valence-electron chi connectivity index (χ4n) is 3.35. The topological polar surface area (TPSA) is 29.5 Å². The van der Waals surface area contributed by atoms with E-state index >= 15 is 0 Å². The van der Waals surface area contributed by atoms with E-state index in [0.29, 0.717) is 34.8 Å². The van der Waals surface area contributed by atoms with Crippen molar-refractivity contribution in [2.75, 3.05) is 19.7 Å². The number of carbonyl (C=O) groups is 1. The summed E-state index contributed by atoms with van der Waals surface area (Å²) in [5.41, 5.74) is 0.517. The van der Waals surface area contributed by atoms with E-state index in [1.54, 1.807) is 18.2 Å². The van der Waals surface area contributed by atoms with Crippen LogP contribution in [0.1, 0.15) is 36.0 Å². The molecule has 0 radical (unpaired) electrons. The Morgan fingerprint density at radius 2 is 2.10 bits per heavy atom. The van der Waals surface area contributed by atoms with Crippen LogP contribution in [0.25, 0.3) is 0 Å². The van der Waals surface area contributed by atoms with Crippen LogP contribution >= 0.6 is 23.2 Å². The van der Waals surface area contributed by atoms with Crippen molar-refractivity contribution in [1.29, 1.82) is 0 Å². The van der Waals surface area contributed by atoms with Gasteiger partial charge >= 0.3 is 0 Å². The van der Waals surface area contributed by atoms with Crippen molar-refractivity contribution in [2.24, 2.45) is 0 Å². The van der Waals surface area contributed by atoms with Gasteiger partial charge in [0.15, 0.2) is 5.78 Å². The molecule has 0 spiro atoms. The molecule has 2 aliphatic rings. The fourth-order valence-corrected chi connectivity index (χ4v) is 3.75. The lowest BCUT2D eigenvalue weighted by Crippen LogP contribution is -2.53. The fraction of sp³-hybridized carbons (Fsp3) is 0.562. The zero-order chi connectivity index (χ0) is 14.8. The lowest BCUT2D eigenvalue weighted by atomic mass is 9.90. The summed E-state index contributed by atoms with van der Waals surface area (Å²) in [6.07, 6.45) is 4.94. The number of benzene rings is 1. The maximum absolute atomic E-state index is 12.5. The highest BCUT2D eigenvalue weighted by Crippen LogP contribution is 2.29. The predicted octanol–water partition coefficient (Wildman–Crippen LogP) is 3.82. The van der Waals surface area contributed by atoms with Crippen LogP contribution in [-0.2, 0) is 4.74 Å². The molecule has 1 aliphatic carbocycles. The number of hydrogen-bond acceptors (Lipinski definition) is 3. The first kappa shape index (κ1) is 15.3. The van der Waals surface area contributed by atoms with Gasteiger partial charge in [-0.15, -0.1) is 0 Å². The average Bonchev–Trinajstić information content (AvgIpc) is 2.50. The molecular formula is C16H19Cl2NO2. The molecule has 3 rings (SSSR count). The van der Waals surface area contributed by atoms with Crippen LogP contribution in [0, 0.1) is 0 Å². The first-order valence-electron chi connectivity index (χ1n) is 7.49. The number of halogens is 2. The monoisotopic (exact) mass is 327 g/mol. The van der Waals surface area contributed by atoms with E-state index in [9.17, 15) is 4.79 Å². The van der Waals surface area contributed by atoms with Crippen molar-refractivity contribution in [3.8, 4) is 0 Å². The van der Waals surface area contributed by atoms with Crippen LogP contribution in [0.15, 0.2) is 18.2 Å². The van der Waals surface area contributed by atoms with Gasteiger partial charge in [-0.3, -0.25) is 9.69 Å². The second-order valence-electron chi connectivity index (χ2n) is 5.78. The second-order valence-corrected chi connectivity index (χ2v) is 6.62. The zero-order valence-corrected chi connectivity index (χ0v) is 13.4. The molecule has 2 atom stereocenters. The van der Waals surface area contributed by atoms with Gasteiger partial charge in [-0.1, -0.05) is 36.0 Å². The van der Waals surface area contributed by atoms with E-state index in [-0.39, 0.29) is 11.9 Å². The lowest BCUT2D eigenvalue weighted by Gasteiger charge is -2.43. The van der Waals surface area contributed by atoms with Gasteiger partial charge in [-0.2, -0.15) is 0 Å². The van der Waals surface area contributed by atoms with Gasteiger partial charge in [0.2, 0.25) is 0 Å². The summed E-state index contributed by atoms with van der Waals surface area (Å²) in [6.45, 7) is 1.91. The van der Waals surface area contributed by atoms with Gasteiger partial charge in [0, 0.05) is 23.2 Å². The largest absolute Gasteiger partial charge is 0.375 e. The first-order chi connectivity index (χ1) is 10.1. The highest BCUT2D eigenvalue weighted by Gasteiger charge is 2.35. The van der Waals surface area contributed by atoms with Crippen LogP contribution in [0.5, 0.6) is 0 Å². The van der Waals surface area contributed by atoms with Crippen molar-refractivity contribution < 1.29 is 9.53 Å². The molecule has 0 bridgehead atoms. The Bertz CT molecular complexity index is 533. The lowest BCUT2D eigenvalue weighted by molar-refractivity contribution is -0.0846. The van der Waals surface area contributed by atoms with E-state index in [1.165, 1.54) is 12.8 Å². The molecule has 0 aromatic heterocycles.